The molecule has 0 bridgehead atoms. The third-order valence-electron chi connectivity index (χ3n) is 2.55. The summed E-state index contributed by atoms with van der Waals surface area (Å²) in [6.45, 7) is 0. The summed E-state index contributed by atoms with van der Waals surface area (Å²) in [5, 5.41) is 39.4. The fourth-order valence-corrected chi connectivity index (χ4v) is 1.50. The second-order valence-corrected chi connectivity index (χ2v) is 3.77. The zero-order chi connectivity index (χ0) is 15.4. The number of hydrogen-bond acceptors (Lipinski definition) is 8. The highest BCUT2D eigenvalue weighted by atomic mass is 16.6. The van der Waals surface area contributed by atoms with E-state index in [1.165, 1.54) is 0 Å². The molecule has 0 heterocycles. The summed E-state index contributed by atoms with van der Waals surface area (Å²) in [6, 6.07) is 1.67. The van der Waals surface area contributed by atoms with Crippen LogP contribution < -0.4 is 0 Å². The van der Waals surface area contributed by atoms with Crippen molar-refractivity contribution < 1.29 is 34.6 Å². The van der Waals surface area contributed by atoms with Gasteiger partial charge in [0.1, 0.15) is 6.10 Å². The number of rotatable bonds is 5. The SMILES string of the molecule is COC(=O)C(O)C(O)c1cc(C=O)c(O)c([N+](=O)[O-])c1. The highest BCUT2D eigenvalue weighted by Gasteiger charge is 2.29. The van der Waals surface area contributed by atoms with Crippen molar-refractivity contribution in [2.45, 2.75) is 12.2 Å². The lowest BCUT2D eigenvalue weighted by atomic mass is 10.0. The summed E-state index contributed by atoms with van der Waals surface area (Å²) in [6.07, 6.45) is -3.69. The first-order chi connectivity index (χ1) is 9.33. The van der Waals surface area contributed by atoms with E-state index >= 15 is 0 Å². The Labute approximate surface area is 112 Å². The van der Waals surface area contributed by atoms with Gasteiger partial charge in [-0.25, -0.2) is 4.79 Å². The lowest BCUT2D eigenvalue weighted by Gasteiger charge is -2.16. The standard InChI is InChI=1S/C11H11NO8/c1-20-11(17)10(16)9(15)5-2-6(4-13)8(14)7(3-5)12(18)19/h2-4,9-10,14-16H,1H3. The molecule has 1 rings (SSSR count). The third kappa shape index (κ3) is 2.90. The first-order valence-electron chi connectivity index (χ1n) is 5.24. The molecule has 0 saturated carbocycles. The van der Waals surface area contributed by atoms with E-state index in [9.17, 15) is 35.0 Å². The molecule has 1 aromatic carbocycles. The van der Waals surface area contributed by atoms with Crippen molar-refractivity contribution in [3.05, 3.63) is 33.4 Å². The van der Waals surface area contributed by atoms with Gasteiger partial charge in [0.2, 0.25) is 5.75 Å². The minimum atomic E-state index is -1.98. The molecule has 0 aliphatic rings. The van der Waals surface area contributed by atoms with Gasteiger partial charge in [-0.1, -0.05) is 0 Å². The summed E-state index contributed by atoms with van der Waals surface area (Å²) in [7, 11) is 0.981. The maximum absolute atomic E-state index is 11.1. The maximum Gasteiger partial charge on any atom is 0.337 e. The number of aliphatic hydroxyl groups excluding tert-OH is 2. The molecule has 1 aromatic rings. The number of methoxy groups -OCH3 is 1. The van der Waals surface area contributed by atoms with Gasteiger partial charge in [0.25, 0.3) is 0 Å². The number of aromatic hydroxyl groups is 1. The molecule has 2 unspecified atom stereocenters. The number of hydrogen-bond donors (Lipinski definition) is 3. The molecule has 9 heteroatoms. The van der Waals surface area contributed by atoms with Gasteiger partial charge in [-0.05, 0) is 11.6 Å². The number of ether oxygens (including phenoxy) is 1. The van der Waals surface area contributed by atoms with Crippen molar-refractivity contribution in [1.82, 2.24) is 0 Å². The number of nitrogens with zero attached hydrogens (tertiary/aromatic N) is 1. The number of nitro benzene ring substituents is 1. The predicted octanol–water partition coefficient (Wildman–Crippen LogP) is -0.320. The van der Waals surface area contributed by atoms with Crippen molar-refractivity contribution in [2.75, 3.05) is 7.11 Å². The number of aliphatic hydroxyl groups is 2. The Balaban J connectivity index is 3.31. The summed E-state index contributed by atoms with van der Waals surface area (Å²) >= 11 is 0. The van der Waals surface area contributed by atoms with Crippen LogP contribution in [0.15, 0.2) is 12.1 Å². The van der Waals surface area contributed by atoms with Crippen LogP contribution >= 0.6 is 0 Å². The fraction of sp³-hybridized carbons (Fsp3) is 0.273. The summed E-state index contributed by atoms with van der Waals surface area (Å²) in [4.78, 5) is 31.5. The van der Waals surface area contributed by atoms with E-state index in [0.717, 1.165) is 19.2 Å². The molecule has 108 valence electrons. The summed E-state index contributed by atoms with van der Waals surface area (Å²) in [5.74, 6) is -2.02. The Bertz CT molecular complexity index is 556. The van der Waals surface area contributed by atoms with E-state index in [1.54, 1.807) is 0 Å². The number of carbonyl (C=O) groups excluding carboxylic acids is 2. The van der Waals surface area contributed by atoms with Crippen LogP contribution in [-0.4, -0.2) is 45.7 Å². The van der Waals surface area contributed by atoms with E-state index in [0.29, 0.717) is 0 Å². The molecular weight excluding hydrogens is 274 g/mol. The Morgan fingerprint density at radius 2 is 2.05 bits per heavy atom. The van der Waals surface area contributed by atoms with Crippen LogP contribution in [0.2, 0.25) is 0 Å². The monoisotopic (exact) mass is 285 g/mol. The van der Waals surface area contributed by atoms with Gasteiger partial charge < -0.3 is 20.1 Å². The second-order valence-electron chi connectivity index (χ2n) is 3.77. The Hall–Kier alpha value is -2.52. The number of benzene rings is 1. The van der Waals surface area contributed by atoms with Crippen LogP contribution in [0.25, 0.3) is 0 Å². The number of aldehydes is 1. The van der Waals surface area contributed by atoms with Gasteiger partial charge in [0, 0.05) is 6.07 Å². The van der Waals surface area contributed by atoms with Crippen LogP contribution in [0.5, 0.6) is 5.75 Å². The maximum atomic E-state index is 11.1. The van der Waals surface area contributed by atoms with Gasteiger partial charge in [0.15, 0.2) is 12.4 Å². The van der Waals surface area contributed by atoms with E-state index in [2.05, 4.69) is 4.74 Å². The minimum Gasteiger partial charge on any atom is -0.502 e. The van der Waals surface area contributed by atoms with Crippen LogP contribution in [-0.2, 0) is 9.53 Å². The first-order valence-corrected chi connectivity index (χ1v) is 5.24. The molecule has 9 nitrogen and oxygen atoms in total. The molecule has 0 saturated heterocycles. The largest absolute Gasteiger partial charge is 0.502 e. The Kier molecular flexibility index (Phi) is 4.73. The van der Waals surface area contributed by atoms with Gasteiger partial charge in [-0.2, -0.15) is 0 Å². The first kappa shape index (κ1) is 15.5. The Morgan fingerprint density at radius 3 is 2.50 bits per heavy atom. The quantitative estimate of drug-likeness (QED) is 0.288. The summed E-state index contributed by atoms with van der Waals surface area (Å²) in [5.41, 5.74) is -1.57. The molecule has 0 aromatic heterocycles. The topological polar surface area (TPSA) is 147 Å². The molecular formula is C11H11NO8. The van der Waals surface area contributed by atoms with E-state index in [1.807, 2.05) is 0 Å². The fourth-order valence-electron chi connectivity index (χ4n) is 1.50. The van der Waals surface area contributed by atoms with Crippen LogP contribution in [0.1, 0.15) is 22.0 Å². The van der Waals surface area contributed by atoms with Crippen molar-refractivity contribution in [1.29, 1.82) is 0 Å². The van der Waals surface area contributed by atoms with E-state index in [4.69, 9.17) is 0 Å². The van der Waals surface area contributed by atoms with Gasteiger partial charge >= 0.3 is 11.7 Å². The molecule has 0 radical (unpaired) electrons. The van der Waals surface area contributed by atoms with Crippen molar-refractivity contribution in [2.24, 2.45) is 0 Å². The molecule has 0 aliphatic carbocycles. The predicted molar refractivity (Wildman–Crippen MR) is 63.1 cm³/mol. The average Bonchev–Trinajstić information content (AvgIpc) is 2.44. The van der Waals surface area contributed by atoms with E-state index < -0.39 is 40.1 Å². The van der Waals surface area contributed by atoms with Crippen molar-refractivity contribution in [3.63, 3.8) is 0 Å². The molecule has 0 aliphatic heterocycles. The van der Waals surface area contributed by atoms with Crippen molar-refractivity contribution >= 4 is 17.9 Å². The number of esters is 1. The molecule has 0 spiro atoms. The van der Waals surface area contributed by atoms with Crippen LogP contribution in [0.4, 0.5) is 5.69 Å². The number of nitro groups is 1. The molecule has 0 fully saturated rings. The second kappa shape index (κ2) is 6.08. The van der Waals surface area contributed by atoms with Crippen LogP contribution in [0, 0.1) is 10.1 Å². The normalized spacial score (nSPS) is 13.3. The number of carbonyl (C=O) groups is 2. The van der Waals surface area contributed by atoms with Gasteiger partial charge in [-0.3, -0.25) is 14.9 Å². The molecule has 0 amide bonds. The third-order valence-corrected chi connectivity index (χ3v) is 2.55. The smallest absolute Gasteiger partial charge is 0.337 e. The van der Waals surface area contributed by atoms with Gasteiger partial charge in [0.05, 0.1) is 17.6 Å². The summed E-state index contributed by atoms with van der Waals surface area (Å²) < 4.78 is 4.21. The molecule has 20 heavy (non-hydrogen) atoms. The van der Waals surface area contributed by atoms with Crippen molar-refractivity contribution in [3.8, 4) is 5.75 Å². The highest BCUT2D eigenvalue weighted by Crippen LogP contribution is 2.33. The zero-order valence-corrected chi connectivity index (χ0v) is 10.2. The van der Waals surface area contributed by atoms with Gasteiger partial charge in [-0.15, -0.1) is 0 Å². The average molecular weight is 285 g/mol. The van der Waals surface area contributed by atoms with E-state index in [-0.39, 0.29) is 11.8 Å². The minimum absolute atomic E-state index is 0.142. The Morgan fingerprint density at radius 1 is 1.45 bits per heavy atom. The molecule has 3 N–H and O–H groups in total. The molecule has 2 atom stereocenters. The van der Waals surface area contributed by atoms with Crippen LogP contribution in [0.3, 0.4) is 0 Å². The number of phenols is 1. The highest BCUT2D eigenvalue weighted by molar-refractivity contribution is 5.83. The lowest BCUT2D eigenvalue weighted by molar-refractivity contribution is -0.386. The zero-order valence-electron chi connectivity index (χ0n) is 10.2. The number of phenolic OH excluding ortho intramolecular Hbond substituents is 1. The lowest BCUT2D eigenvalue weighted by Crippen LogP contribution is -2.29.